The van der Waals surface area contributed by atoms with Crippen LogP contribution in [-0.4, -0.2) is 22.6 Å². The molecule has 0 aliphatic heterocycles. The van der Waals surface area contributed by atoms with E-state index in [1.165, 1.54) is 4.88 Å². The number of aryl methyl sites for hydroxylation is 1. The molecule has 2 heterocycles. The molecule has 92 valence electrons. The van der Waals surface area contributed by atoms with Crippen molar-refractivity contribution in [3.8, 4) is 0 Å². The maximum atomic E-state index is 5.52. The van der Waals surface area contributed by atoms with Crippen LogP contribution in [0.25, 0.3) is 0 Å². The molecule has 0 saturated heterocycles. The Bertz CT molecular complexity index is 435. The van der Waals surface area contributed by atoms with E-state index in [0.717, 1.165) is 18.8 Å². The Balaban J connectivity index is 2.16. The third-order valence-electron chi connectivity index (χ3n) is 2.67. The predicted octanol–water partition coefficient (Wildman–Crippen LogP) is 1.51. The number of nitrogens with two attached hydrogens (primary N) is 1. The van der Waals surface area contributed by atoms with Gasteiger partial charge >= 0.3 is 0 Å². The first kappa shape index (κ1) is 12.3. The molecule has 2 aromatic rings. The molecule has 1 atom stereocenters. The van der Waals surface area contributed by atoms with Crippen LogP contribution in [-0.2, 0) is 7.05 Å². The molecule has 0 fully saturated rings. The van der Waals surface area contributed by atoms with Crippen molar-refractivity contribution in [3.63, 3.8) is 0 Å². The third kappa shape index (κ3) is 2.94. The van der Waals surface area contributed by atoms with Crippen LogP contribution in [0.5, 0.6) is 0 Å². The fourth-order valence-corrected chi connectivity index (χ4v) is 2.57. The van der Waals surface area contributed by atoms with Gasteiger partial charge in [0, 0.05) is 24.3 Å². The average molecular weight is 250 g/mol. The maximum Gasteiger partial charge on any atom is 0.131 e. The smallest absolute Gasteiger partial charge is 0.131 e. The molecule has 5 heteroatoms. The van der Waals surface area contributed by atoms with E-state index in [0.29, 0.717) is 6.54 Å². The summed E-state index contributed by atoms with van der Waals surface area (Å²) in [6.45, 7) is 1.62. The van der Waals surface area contributed by atoms with Gasteiger partial charge in [-0.15, -0.1) is 11.3 Å². The summed E-state index contributed by atoms with van der Waals surface area (Å²) in [5.74, 6) is 1.05. The third-order valence-corrected chi connectivity index (χ3v) is 3.61. The summed E-state index contributed by atoms with van der Waals surface area (Å²) in [7, 11) is 2.02. The van der Waals surface area contributed by atoms with Crippen LogP contribution in [0.1, 0.15) is 23.2 Å². The Morgan fingerprint density at radius 3 is 3.06 bits per heavy atom. The van der Waals surface area contributed by atoms with E-state index >= 15 is 0 Å². The van der Waals surface area contributed by atoms with Crippen LogP contribution in [0, 0.1) is 0 Å². The number of hydrogen-bond donors (Lipinski definition) is 2. The first-order valence-electron chi connectivity index (χ1n) is 5.77. The first-order chi connectivity index (χ1) is 8.33. The van der Waals surface area contributed by atoms with Crippen LogP contribution in [0.3, 0.4) is 0 Å². The van der Waals surface area contributed by atoms with Crippen molar-refractivity contribution >= 4 is 11.3 Å². The molecular weight excluding hydrogens is 232 g/mol. The van der Waals surface area contributed by atoms with Gasteiger partial charge in [-0.2, -0.15) is 0 Å². The standard InChI is InChI=1S/C12H18N4S/c1-16-8-7-15-12(16)11(14-6-3-5-13)10-4-2-9-17-10/h2,4,7-9,11,14H,3,5-6,13H2,1H3. The van der Waals surface area contributed by atoms with Crippen molar-refractivity contribution in [1.82, 2.24) is 14.9 Å². The second-order valence-corrected chi connectivity index (χ2v) is 4.92. The first-order valence-corrected chi connectivity index (χ1v) is 6.65. The predicted molar refractivity (Wildman–Crippen MR) is 71.0 cm³/mol. The van der Waals surface area contributed by atoms with Crippen LogP contribution in [0.2, 0.25) is 0 Å². The lowest BCUT2D eigenvalue weighted by Gasteiger charge is -2.17. The molecule has 0 aliphatic carbocycles. The Labute approximate surface area is 105 Å². The fraction of sp³-hybridized carbons (Fsp3) is 0.417. The van der Waals surface area contributed by atoms with Gasteiger partial charge in [0.25, 0.3) is 0 Å². The molecule has 1 unspecified atom stereocenters. The molecule has 0 spiro atoms. The molecule has 17 heavy (non-hydrogen) atoms. The van der Waals surface area contributed by atoms with E-state index in [1.54, 1.807) is 11.3 Å². The van der Waals surface area contributed by atoms with Crippen molar-refractivity contribution in [2.45, 2.75) is 12.5 Å². The Hall–Kier alpha value is -1.17. The summed E-state index contributed by atoms with van der Waals surface area (Å²) < 4.78 is 2.06. The van der Waals surface area contributed by atoms with E-state index in [9.17, 15) is 0 Å². The largest absolute Gasteiger partial charge is 0.336 e. The van der Waals surface area contributed by atoms with Gasteiger partial charge in [-0.05, 0) is 31.0 Å². The van der Waals surface area contributed by atoms with E-state index in [2.05, 4.69) is 32.4 Å². The number of rotatable bonds is 6. The van der Waals surface area contributed by atoms with E-state index in [1.807, 2.05) is 19.4 Å². The second kappa shape index (κ2) is 5.95. The van der Waals surface area contributed by atoms with E-state index in [4.69, 9.17) is 5.73 Å². The minimum absolute atomic E-state index is 0.168. The molecule has 0 aromatic carbocycles. The molecule has 2 aromatic heterocycles. The molecule has 3 N–H and O–H groups in total. The second-order valence-electron chi connectivity index (χ2n) is 3.94. The summed E-state index contributed by atoms with van der Waals surface area (Å²) >= 11 is 1.75. The molecule has 0 amide bonds. The molecular formula is C12H18N4S. The highest BCUT2D eigenvalue weighted by atomic mass is 32.1. The van der Waals surface area contributed by atoms with Crippen molar-refractivity contribution < 1.29 is 0 Å². The number of aromatic nitrogens is 2. The SMILES string of the molecule is Cn1ccnc1C(NCCCN)c1cccs1. The van der Waals surface area contributed by atoms with Crippen molar-refractivity contribution in [1.29, 1.82) is 0 Å². The van der Waals surface area contributed by atoms with Crippen molar-refractivity contribution in [3.05, 3.63) is 40.6 Å². The lowest BCUT2D eigenvalue weighted by atomic mass is 10.2. The molecule has 4 nitrogen and oxygen atoms in total. The van der Waals surface area contributed by atoms with Gasteiger partial charge in [-0.3, -0.25) is 0 Å². The summed E-state index contributed by atoms with van der Waals surface area (Å²) in [5, 5.41) is 5.61. The average Bonchev–Trinajstić information content (AvgIpc) is 2.96. The van der Waals surface area contributed by atoms with Gasteiger partial charge in [0.2, 0.25) is 0 Å². The van der Waals surface area contributed by atoms with Crippen LogP contribution >= 0.6 is 11.3 Å². The van der Waals surface area contributed by atoms with Crippen LogP contribution in [0.4, 0.5) is 0 Å². The zero-order chi connectivity index (χ0) is 12.1. The molecule has 0 radical (unpaired) electrons. The normalized spacial score (nSPS) is 12.8. The van der Waals surface area contributed by atoms with Gasteiger partial charge in [0.15, 0.2) is 0 Å². The van der Waals surface area contributed by atoms with E-state index in [-0.39, 0.29) is 6.04 Å². The highest BCUT2D eigenvalue weighted by molar-refractivity contribution is 7.10. The highest BCUT2D eigenvalue weighted by Gasteiger charge is 2.18. The minimum atomic E-state index is 0.168. The zero-order valence-electron chi connectivity index (χ0n) is 9.97. The van der Waals surface area contributed by atoms with Crippen LogP contribution < -0.4 is 11.1 Å². The number of nitrogens with one attached hydrogen (secondary N) is 1. The Kier molecular flexibility index (Phi) is 4.30. The number of nitrogens with zero attached hydrogens (tertiary/aromatic N) is 2. The maximum absolute atomic E-state index is 5.52. The van der Waals surface area contributed by atoms with E-state index < -0.39 is 0 Å². The Morgan fingerprint density at radius 2 is 2.47 bits per heavy atom. The quantitative estimate of drug-likeness (QED) is 0.764. The minimum Gasteiger partial charge on any atom is -0.336 e. The topological polar surface area (TPSA) is 55.9 Å². The number of thiophene rings is 1. The number of imidazole rings is 1. The molecule has 2 rings (SSSR count). The molecule has 0 bridgehead atoms. The molecule has 0 saturated carbocycles. The van der Waals surface area contributed by atoms with Gasteiger partial charge < -0.3 is 15.6 Å². The zero-order valence-corrected chi connectivity index (χ0v) is 10.8. The summed E-state index contributed by atoms with van der Waals surface area (Å²) in [4.78, 5) is 5.71. The monoisotopic (exact) mass is 250 g/mol. The number of hydrogen-bond acceptors (Lipinski definition) is 4. The highest BCUT2D eigenvalue weighted by Crippen LogP contribution is 2.24. The summed E-state index contributed by atoms with van der Waals surface area (Å²) in [5.41, 5.74) is 5.52. The van der Waals surface area contributed by atoms with Crippen molar-refractivity contribution in [2.24, 2.45) is 12.8 Å². The van der Waals surface area contributed by atoms with Crippen molar-refractivity contribution in [2.75, 3.05) is 13.1 Å². The lowest BCUT2D eigenvalue weighted by molar-refractivity contribution is 0.555. The van der Waals surface area contributed by atoms with Gasteiger partial charge in [-0.25, -0.2) is 4.98 Å². The summed E-state index contributed by atoms with van der Waals surface area (Å²) in [6.07, 6.45) is 4.79. The molecule has 0 aliphatic rings. The summed E-state index contributed by atoms with van der Waals surface area (Å²) in [6, 6.07) is 4.38. The Morgan fingerprint density at radius 1 is 1.59 bits per heavy atom. The van der Waals surface area contributed by atoms with Gasteiger partial charge in [0.1, 0.15) is 11.9 Å². The lowest BCUT2D eigenvalue weighted by Crippen LogP contribution is -2.26. The van der Waals surface area contributed by atoms with Gasteiger partial charge in [-0.1, -0.05) is 6.07 Å². The van der Waals surface area contributed by atoms with Gasteiger partial charge in [0.05, 0.1) is 0 Å². The van der Waals surface area contributed by atoms with Crippen LogP contribution in [0.15, 0.2) is 29.9 Å². The fourth-order valence-electron chi connectivity index (χ4n) is 1.78.